The van der Waals surface area contributed by atoms with Crippen LogP contribution in [0.2, 0.25) is 0 Å². The number of nitrogens with zero attached hydrogens (tertiary/aromatic N) is 2. The lowest BCUT2D eigenvalue weighted by Gasteiger charge is -2.42. The van der Waals surface area contributed by atoms with Gasteiger partial charge in [-0.25, -0.2) is 9.97 Å². The standard InChI is InChI=1S/C10H15N5O3S/c1-19-10-13-7(11)5-8(15-10)14-9-4(12-5)6(17)3(16)2-18-9/h3-4,6,9,12,16-17H,2H2,1H3,(H3,11,13,14,15)/t3-,4?,6-,9?/m0/s1. The highest BCUT2D eigenvalue weighted by atomic mass is 32.2. The van der Waals surface area contributed by atoms with Gasteiger partial charge in [-0.2, -0.15) is 0 Å². The highest BCUT2D eigenvalue weighted by molar-refractivity contribution is 7.98. The van der Waals surface area contributed by atoms with Crippen molar-refractivity contribution in [1.29, 1.82) is 0 Å². The highest BCUT2D eigenvalue weighted by Gasteiger charge is 2.42. The van der Waals surface area contributed by atoms with Crippen LogP contribution in [-0.2, 0) is 4.74 Å². The van der Waals surface area contributed by atoms with Crippen LogP contribution < -0.4 is 16.4 Å². The molecule has 0 radical (unpaired) electrons. The summed E-state index contributed by atoms with van der Waals surface area (Å²) in [6, 6.07) is -0.498. The molecule has 0 aliphatic carbocycles. The molecule has 2 aliphatic rings. The van der Waals surface area contributed by atoms with Gasteiger partial charge in [0.05, 0.1) is 12.6 Å². The Balaban J connectivity index is 1.95. The maximum atomic E-state index is 9.97. The summed E-state index contributed by atoms with van der Waals surface area (Å²) >= 11 is 1.39. The van der Waals surface area contributed by atoms with Gasteiger partial charge in [0.1, 0.15) is 17.9 Å². The third kappa shape index (κ3) is 2.08. The van der Waals surface area contributed by atoms with E-state index in [-0.39, 0.29) is 6.61 Å². The van der Waals surface area contributed by atoms with Crippen molar-refractivity contribution in [3.8, 4) is 0 Å². The number of nitrogen functional groups attached to an aromatic ring is 1. The lowest BCUT2D eigenvalue weighted by atomic mass is 9.99. The van der Waals surface area contributed by atoms with Crippen LogP contribution in [0.15, 0.2) is 5.16 Å². The van der Waals surface area contributed by atoms with Crippen molar-refractivity contribution >= 4 is 29.1 Å². The number of aliphatic hydroxyl groups is 2. The average molecular weight is 285 g/mol. The summed E-state index contributed by atoms with van der Waals surface area (Å²) in [7, 11) is 0. The van der Waals surface area contributed by atoms with Crippen LogP contribution in [0.4, 0.5) is 17.3 Å². The second kappa shape index (κ2) is 4.67. The maximum absolute atomic E-state index is 9.97. The Bertz CT molecular complexity index is 502. The first-order valence-corrected chi connectivity index (χ1v) is 7.05. The number of aliphatic hydroxyl groups excluding tert-OH is 2. The fraction of sp³-hybridized carbons (Fsp3) is 0.600. The lowest BCUT2D eigenvalue weighted by Crippen LogP contribution is -2.60. The molecule has 1 saturated heterocycles. The van der Waals surface area contributed by atoms with E-state index >= 15 is 0 Å². The number of ether oxygens (including phenoxy) is 1. The van der Waals surface area contributed by atoms with E-state index in [1.54, 1.807) is 0 Å². The largest absolute Gasteiger partial charge is 0.388 e. The molecule has 6 N–H and O–H groups in total. The molecular formula is C10H15N5O3S. The number of hydrogen-bond donors (Lipinski definition) is 5. The molecule has 1 aromatic rings. The fourth-order valence-electron chi connectivity index (χ4n) is 2.21. The minimum Gasteiger partial charge on any atom is -0.388 e. The van der Waals surface area contributed by atoms with E-state index < -0.39 is 24.5 Å². The van der Waals surface area contributed by atoms with E-state index in [1.165, 1.54) is 11.8 Å². The predicted molar refractivity (Wildman–Crippen MR) is 71.0 cm³/mol. The van der Waals surface area contributed by atoms with Crippen molar-refractivity contribution in [2.45, 2.75) is 29.6 Å². The fourth-order valence-corrected chi connectivity index (χ4v) is 2.58. The Labute approximate surface area is 113 Å². The first kappa shape index (κ1) is 12.7. The van der Waals surface area contributed by atoms with Gasteiger partial charge in [-0.15, -0.1) is 0 Å². The molecule has 104 valence electrons. The van der Waals surface area contributed by atoms with Gasteiger partial charge < -0.3 is 31.3 Å². The number of thioether (sulfide) groups is 1. The van der Waals surface area contributed by atoms with Crippen molar-refractivity contribution in [3.63, 3.8) is 0 Å². The number of hydrogen-bond acceptors (Lipinski definition) is 9. The lowest BCUT2D eigenvalue weighted by molar-refractivity contribution is -0.121. The Morgan fingerprint density at radius 3 is 2.89 bits per heavy atom. The maximum Gasteiger partial charge on any atom is 0.191 e. The molecule has 0 spiro atoms. The number of nitrogens with two attached hydrogens (primary N) is 1. The summed E-state index contributed by atoms with van der Waals surface area (Å²) in [6.45, 7) is 0.0717. The van der Waals surface area contributed by atoms with Crippen molar-refractivity contribution in [3.05, 3.63) is 0 Å². The Morgan fingerprint density at radius 1 is 1.37 bits per heavy atom. The van der Waals surface area contributed by atoms with Crippen LogP contribution in [0.5, 0.6) is 0 Å². The summed E-state index contributed by atoms with van der Waals surface area (Å²) in [5.41, 5.74) is 6.39. The van der Waals surface area contributed by atoms with Crippen molar-refractivity contribution in [1.82, 2.24) is 9.97 Å². The van der Waals surface area contributed by atoms with Gasteiger partial charge in [0, 0.05) is 0 Å². The summed E-state index contributed by atoms with van der Waals surface area (Å²) in [5, 5.41) is 26.2. The van der Waals surface area contributed by atoms with Crippen molar-refractivity contribution in [2.24, 2.45) is 0 Å². The van der Waals surface area contributed by atoms with Crippen molar-refractivity contribution in [2.75, 3.05) is 29.2 Å². The van der Waals surface area contributed by atoms with Gasteiger partial charge >= 0.3 is 0 Å². The van der Waals surface area contributed by atoms with Gasteiger partial charge in [0.15, 0.2) is 23.0 Å². The van der Waals surface area contributed by atoms with Crippen LogP contribution in [0.3, 0.4) is 0 Å². The second-order valence-corrected chi connectivity index (χ2v) is 5.22. The number of aromatic nitrogens is 2. The molecule has 9 heteroatoms. The summed E-state index contributed by atoms with van der Waals surface area (Å²) in [5.74, 6) is 0.842. The zero-order valence-corrected chi connectivity index (χ0v) is 11.0. The van der Waals surface area contributed by atoms with Crippen LogP contribution in [0, 0.1) is 0 Å². The highest BCUT2D eigenvalue weighted by Crippen LogP contribution is 2.35. The van der Waals surface area contributed by atoms with E-state index in [0.29, 0.717) is 22.5 Å². The normalized spacial score (nSPS) is 32.8. The zero-order valence-electron chi connectivity index (χ0n) is 10.2. The monoisotopic (exact) mass is 285 g/mol. The Kier molecular flexibility index (Phi) is 3.13. The predicted octanol–water partition coefficient (Wildman–Crippen LogP) is -0.935. The number of anilines is 3. The van der Waals surface area contributed by atoms with E-state index in [9.17, 15) is 10.2 Å². The minimum absolute atomic E-state index is 0.0717. The SMILES string of the molecule is CSc1nc(N)c2c(n1)NC1OC[C@H](O)[C@H](O)C1N2. The van der Waals surface area contributed by atoms with Gasteiger partial charge in [-0.05, 0) is 6.26 Å². The molecule has 0 aromatic carbocycles. The smallest absolute Gasteiger partial charge is 0.191 e. The van der Waals surface area contributed by atoms with Crippen LogP contribution in [-0.4, -0.2) is 57.5 Å². The molecule has 0 bridgehead atoms. The van der Waals surface area contributed by atoms with E-state index in [0.717, 1.165) is 0 Å². The van der Waals surface area contributed by atoms with Crippen molar-refractivity contribution < 1.29 is 14.9 Å². The van der Waals surface area contributed by atoms with E-state index in [2.05, 4.69) is 20.6 Å². The Hall–Kier alpha value is -1.29. The van der Waals surface area contributed by atoms with Gasteiger partial charge in [-0.3, -0.25) is 0 Å². The molecule has 2 unspecified atom stereocenters. The first-order chi connectivity index (χ1) is 9.10. The molecule has 0 saturated carbocycles. The molecule has 19 heavy (non-hydrogen) atoms. The molecule has 1 aromatic heterocycles. The molecule has 3 rings (SSSR count). The molecule has 2 aliphatic heterocycles. The molecule has 8 nitrogen and oxygen atoms in total. The number of nitrogens with one attached hydrogen (secondary N) is 2. The van der Waals surface area contributed by atoms with Crippen LogP contribution in [0.1, 0.15) is 0 Å². The Morgan fingerprint density at radius 2 is 2.16 bits per heavy atom. The van der Waals surface area contributed by atoms with E-state index in [4.69, 9.17) is 10.5 Å². The molecule has 3 heterocycles. The third-order valence-electron chi connectivity index (χ3n) is 3.22. The molecular weight excluding hydrogens is 270 g/mol. The average Bonchev–Trinajstić information content (AvgIpc) is 2.41. The van der Waals surface area contributed by atoms with Crippen LogP contribution in [0.25, 0.3) is 0 Å². The molecule has 1 fully saturated rings. The minimum atomic E-state index is -0.945. The summed E-state index contributed by atoms with van der Waals surface area (Å²) in [6.07, 6.45) is -0.476. The topological polar surface area (TPSA) is 126 Å². The van der Waals surface area contributed by atoms with E-state index in [1.807, 2.05) is 6.26 Å². The summed E-state index contributed by atoms with van der Waals surface area (Å²) < 4.78 is 5.44. The summed E-state index contributed by atoms with van der Waals surface area (Å²) in [4.78, 5) is 8.43. The zero-order chi connectivity index (χ0) is 13.6. The third-order valence-corrected chi connectivity index (χ3v) is 3.77. The van der Waals surface area contributed by atoms with Gasteiger partial charge in [-0.1, -0.05) is 11.8 Å². The molecule has 4 atom stereocenters. The number of fused-ring (bicyclic) bond motifs is 2. The first-order valence-electron chi connectivity index (χ1n) is 5.82. The molecule has 0 amide bonds. The van der Waals surface area contributed by atoms with Crippen LogP contribution >= 0.6 is 11.8 Å². The van der Waals surface area contributed by atoms with Gasteiger partial charge in [0.25, 0.3) is 0 Å². The second-order valence-electron chi connectivity index (χ2n) is 4.45. The van der Waals surface area contributed by atoms with Gasteiger partial charge in [0.2, 0.25) is 0 Å². The quantitative estimate of drug-likeness (QED) is 0.328. The number of rotatable bonds is 1.